The maximum Gasteiger partial charge on any atom is 0.407 e. The van der Waals surface area contributed by atoms with Crippen LogP contribution in [0.15, 0.2) is 78.9 Å². The molecule has 3 aromatic rings. The van der Waals surface area contributed by atoms with Gasteiger partial charge in [0.15, 0.2) is 0 Å². The highest BCUT2D eigenvalue weighted by atomic mass is 16.6. The summed E-state index contributed by atoms with van der Waals surface area (Å²) in [5, 5.41) is 57.3. The van der Waals surface area contributed by atoms with Gasteiger partial charge in [-0.1, -0.05) is 85.8 Å². The fourth-order valence-electron chi connectivity index (χ4n) is 7.51. The molecule has 362 valence electrons. The Morgan fingerprint density at radius 3 is 1.87 bits per heavy atom. The second-order valence-electron chi connectivity index (χ2n) is 15.9. The van der Waals surface area contributed by atoms with Gasteiger partial charge >= 0.3 is 6.09 Å². The van der Waals surface area contributed by atoms with Gasteiger partial charge in [-0.2, -0.15) is 0 Å². The zero-order chi connectivity index (χ0) is 48.3. The van der Waals surface area contributed by atoms with Gasteiger partial charge in [0.05, 0.1) is 26.2 Å². The van der Waals surface area contributed by atoms with Crippen molar-refractivity contribution >= 4 is 41.5 Å². The minimum atomic E-state index is -1.65. The Kier molecular flexibility index (Phi) is 20.0. The lowest BCUT2D eigenvalue weighted by atomic mass is 9.95. The normalized spacial score (nSPS) is 19.3. The van der Waals surface area contributed by atoms with Crippen molar-refractivity contribution in [2.75, 3.05) is 52.7 Å². The van der Waals surface area contributed by atoms with Crippen molar-refractivity contribution in [1.82, 2.24) is 37.2 Å². The van der Waals surface area contributed by atoms with Crippen LogP contribution < -0.4 is 37.2 Å². The fraction of sp³-hybridized carbons (Fsp3) is 0.457. The van der Waals surface area contributed by atoms with E-state index in [9.17, 15) is 54.0 Å². The average Bonchev–Trinajstić information content (AvgIpc) is 3.66. The van der Waals surface area contributed by atoms with E-state index < -0.39 is 104 Å². The third kappa shape index (κ3) is 15.3. The van der Waals surface area contributed by atoms with Crippen molar-refractivity contribution in [2.24, 2.45) is 0 Å². The smallest absolute Gasteiger partial charge is 0.407 e. The summed E-state index contributed by atoms with van der Waals surface area (Å²) in [5.41, 5.74) is 4.60. The Labute approximate surface area is 386 Å². The maximum absolute atomic E-state index is 13.5. The quantitative estimate of drug-likeness (QED) is 0.0350. The van der Waals surface area contributed by atoms with E-state index in [1.54, 1.807) is 30.3 Å². The Morgan fingerprint density at radius 2 is 1.22 bits per heavy atom. The molecule has 0 saturated carbocycles. The summed E-state index contributed by atoms with van der Waals surface area (Å²) in [5.74, 6) is -4.57. The van der Waals surface area contributed by atoms with Gasteiger partial charge in [0.25, 0.3) is 0 Å². The largest absolute Gasteiger partial charge is 0.449 e. The number of rotatable bonds is 24. The molecule has 7 amide bonds. The fourth-order valence-corrected chi connectivity index (χ4v) is 7.51. The number of benzene rings is 3. The van der Waals surface area contributed by atoms with Gasteiger partial charge in [-0.25, -0.2) is 4.79 Å². The van der Waals surface area contributed by atoms with Crippen LogP contribution in [0.5, 0.6) is 0 Å². The van der Waals surface area contributed by atoms with Crippen molar-refractivity contribution in [2.45, 2.75) is 81.1 Å². The Bertz CT molecular complexity index is 2120. The summed E-state index contributed by atoms with van der Waals surface area (Å²) in [6.45, 7) is -0.398. The molecule has 1 fully saturated rings. The molecule has 11 N–H and O–H groups in total. The van der Waals surface area contributed by atoms with Crippen molar-refractivity contribution in [1.29, 1.82) is 0 Å². The first-order valence-corrected chi connectivity index (χ1v) is 22.0. The number of carbonyl (C=O) groups excluding carboxylic acids is 7. The summed E-state index contributed by atoms with van der Waals surface area (Å²) in [6, 6.07) is 21.6. The Balaban J connectivity index is 1.15. The van der Waals surface area contributed by atoms with Gasteiger partial charge in [-0.15, -0.1) is 0 Å². The van der Waals surface area contributed by atoms with Crippen LogP contribution in [-0.4, -0.2) is 157 Å². The standard InChI is InChI=1S/C46H59N7O14/c1-2-18-65-26-51-39(57)22-50-45(63)34(19-27-10-4-3-5-11-27)52-40(58)23-48-38(56)21-49-44(62)33(16-17-37(55)47-20-35-41(59)43(61)42(60)36(24-54)67-35)53-46(64)66-25-32-30-14-8-6-12-28(30)29-13-7-9-15-31(29)32/h3-15,32-36,41-43,54,59-61H,2,16-26H2,1H3,(H,47,55)(H,48,56)(H,49,62)(H,50,63)(H,51,57)(H,52,58)(H,53,64)/t33-,34-,35-,36+,41-,42+,43+/m0/s1. The highest BCUT2D eigenvalue weighted by molar-refractivity contribution is 5.93. The van der Waals surface area contributed by atoms with E-state index >= 15 is 0 Å². The molecule has 21 nitrogen and oxygen atoms in total. The van der Waals surface area contributed by atoms with Crippen LogP contribution in [0.3, 0.4) is 0 Å². The molecule has 1 heterocycles. The van der Waals surface area contributed by atoms with Crippen molar-refractivity contribution in [3.8, 4) is 11.1 Å². The lowest BCUT2D eigenvalue weighted by Crippen LogP contribution is -2.60. The first-order chi connectivity index (χ1) is 32.3. The predicted octanol–water partition coefficient (Wildman–Crippen LogP) is -1.79. The highest BCUT2D eigenvalue weighted by Gasteiger charge is 2.43. The number of amides is 7. The minimum absolute atomic E-state index is 0.0308. The summed E-state index contributed by atoms with van der Waals surface area (Å²) in [7, 11) is 0. The molecule has 0 bridgehead atoms. The molecule has 1 saturated heterocycles. The van der Waals surface area contributed by atoms with Crippen LogP contribution in [0.25, 0.3) is 11.1 Å². The Hall–Kier alpha value is -6.49. The summed E-state index contributed by atoms with van der Waals surface area (Å²) in [6.07, 6.45) is -8.07. The number of alkyl carbamates (subject to hydrolysis) is 1. The van der Waals surface area contributed by atoms with Gasteiger partial charge < -0.3 is 71.9 Å². The van der Waals surface area contributed by atoms with E-state index in [1.807, 2.05) is 55.5 Å². The lowest BCUT2D eigenvalue weighted by molar-refractivity contribution is -0.227. The van der Waals surface area contributed by atoms with Crippen LogP contribution in [0.2, 0.25) is 0 Å². The molecular formula is C46H59N7O14. The molecule has 0 unspecified atom stereocenters. The maximum atomic E-state index is 13.5. The molecule has 0 radical (unpaired) electrons. The van der Waals surface area contributed by atoms with E-state index in [4.69, 9.17) is 14.2 Å². The van der Waals surface area contributed by atoms with Crippen LogP contribution in [0, 0.1) is 0 Å². The first kappa shape index (κ1) is 51.5. The number of nitrogens with one attached hydrogen (secondary N) is 7. The lowest BCUT2D eigenvalue weighted by Gasteiger charge is -2.40. The van der Waals surface area contributed by atoms with Crippen LogP contribution in [-0.2, 0) is 49.4 Å². The third-order valence-electron chi connectivity index (χ3n) is 11.1. The van der Waals surface area contributed by atoms with Gasteiger partial charge in [0.2, 0.25) is 35.4 Å². The summed E-state index contributed by atoms with van der Waals surface area (Å²) >= 11 is 0. The van der Waals surface area contributed by atoms with E-state index in [0.717, 1.165) is 28.7 Å². The van der Waals surface area contributed by atoms with Gasteiger partial charge in [-0.3, -0.25) is 28.8 Å². The van der Waals surface area contributed by atoms with Gasteiger partial charge in [0, 0.05) is 31.9 Å². The Morgan fingerprint density at radius 1 is 0.642 bits per heavy atom. The number of hydrogen-bond acceptors (Lipinski definition) is 14. The highest BCUT2D eigenvalue weighted by Crippen LogP contribution is 2.44. The zero-order valence-electron chi connectivity index (χ0n) is 37.0. The van der Waals surface area contributed by atoms with Crippen LogP contribution in [0.1, 0.15) is 48.8 Å². The van der Waals surface area contributed by atoms with Crippen LogP contribution in [0.4, 0.5) is 4.79 Å². The molecular weight excluding hydrogens is 875 g/mol. The number of fused-ring (bicyclic) bond motifs is 3. The van der Waals surface area contributed by atoms with E-state index in [0.29, 0.717) is 12.2 Å². The van der Waals surface area contributed by atoms with Crippen molar-refractivity contribution < 1.29 is 68.2 Å². The number of ether oxygens (including phenoxy) is 3. The second-order valence-corrected chi connectivity index (χ2v) is 15.9. The number of hydrogen-bond donors (Lipinski definition) is 11. The SMILES string of the molecule is CCCOCNC(=O)CNC(=O)[C@H](Cc1ccccc1)NC(=O)CNC(=O)CNC(=O)[C@H](CCC(=O)NC[C@@H]1O[C@H](CO)[C@@H](O)[C@H](O)[C@H]1O)NC(=O)OCC1c2ccccc2-c2ccccc21. The number of aliphatic hydroxyl groups excluding tert-OH is 4. The predicted molar refractivity (Wildman–Crippen MR) is 238 cm³/mol. The first-order valence-electron chi connectivity index (χ1n) is 22.0. The van der Waals surface area contributed by atoms with Crippen molar-refractivity contribution in [3.05, 3.63) is 95.6 Å². The van der Waals surface area contributed by atoms with E-state index in [2.05, 4.69) is 37.2 Å². The zero-order valence-corrected chi connectivity index (χ0v) is 37.0. The summed E-state index contributed by atoms with van der Waals surface area (Å²) < 4.78 is 16.3. The molecule has 3 aromatic carbocycles. The molecule has 0 aromatic heterocycles. The molecule has 7 atom stereocenters. The molecule has 1 aliphatic heterocycles. The molecule has 2 aliphatic rings. The molecule has 1 aliphatic carbocycles. The number of aliphatic hydroxyl groups is 4. The van der Waals surface area contributed by atoms with Gasteiger partial charge in [0.1, 0.15) is 55.9 Å². The van der Waals surface area contributed by atoms with E-state index in [-0.39, 0.29) is 51.6 Å². The van der Waals surface area contributed by atoms with Gasteiger partial charge in [-0.05, 0) is 40.7 Å². The molecule has 5 rings (SSSR count). The minimum Gasteiger partial charge on any atom is -0.449 e. The van der Waals surface area contributed by atoms with Crippen LogP contribution >= 0.6 is 0 Å². The molecule has 0 spiro atoms. The number of carbonyl (C=O) groups is 7. The topological polar surface area (TPSA) is 312 Å². The molecule has 21 heteroatoms. The average molecular weight is 934 g/mol. The summed E-state index contributed by atoms with van der Waals surface area (Å²) in [4.78, 5) is 90.9. The van der Waals surface area contributed by atoms with E-state index in [1.165, 1.54) is 0 Å². The van der Waals surface area contributed by atoms with Crippen molar-refractivity contribution in [3.63, 3.8) is 0 Å². The third-order valence-corrected chi connectivity index (χ3v) is 11.1. The molecule has 67 heavy (non-hydrogen) atoms. The second kappa shape index (κ2) is 26.0. The monoisotopic (exact) mass is 933 g/mol.